The van der Waals surface area contributed by atoms with Crippen molar-refractivity contribution in [1.82, 2.24) is 0 Å². The molecule has 0 spiro atoms. The van der Waals surface area contributed by atoms with Crippen LogP contribution in [0.3, 0.4) is 0 Å². The van der Waals surface area contributed by atoms with Gasteiger partial charge < -0.3 is 10.2 Å². The third kappa shape index (κ3) is 4.25. The van der Waals surface area contributed by atoms with E-state index in [-0.39, 0.29) is 11.5 Å². The Labute approximate surface area is 72.2 Å². The average Bonchev–Trinajstić information content (AvgIpc) is 1.79. The highest BCUT2D eigenvalue weighted by Crippen LogP contribution is 2.29. The largest absolute Gasteiger partial charge is 0.447 e. The summed E-state index contributed by atoms with van der Waals surface area (Å²) in [5.74, 6) is -4.12. The molecule has 0 unspecified atom stereocenters. The van der Waals surface area contributed by atoms with Gasteiger partial charge in [0.05, 0.1) is 0 Å². The zero-order valence-electron chi connectivity index (χ0n) is 6.41. The molecule has 0 aliphatic heterocycles. The lowest BCUT2D eigenvalue weighted by molar-refractivity contribution is -0.323. The molecule has 0 aromatic heterocycles. The van der Waals surface area contributed by atoms with Crippen molar-refractivity contribution in [3.63, 3.8) is 0 Å². The number of hydrogen-bond donors (Lipinski definition) is 2. The lowest BCUT2D eigenvalue weighted by Crippen LogP contribution is -2.43. The Morgan fingerprint density at radius 3 is 1.85 bits per heavy atom. The standard InChI is InChI=1S/C5H7F3O4S/c1-13(11,12)3-2-4(9,10)5(6,7)8/h2-3,9-10H,1H3/b3-2+. The lowest BCUT2D eigenvalue weighted by Gasteiger charge is -2.20. The minimum Gasteiger partial charge on any atom is -0.355 e. The maximum atomic E-state index is 11.7. The fourth-order valence-corrected chi connectivity index (χ4v) is 0.750. The van der Waals surface area contributed by atoms with Gasteiger partial charge in [-0.2, -0.15) is 13.2 Å². The second-order valence-corrected chi connectivity index (χ2v) is 4.29. The highest BCUT2D eigenvalue weighted by Gasteiger charge is 2.51. The minimum atomic E-state index is -5.33. The van der Waals surface area contributed by atoms with Gasteiger partial charge in [-0.3, -0.25) is 0 Å². The van der Waals surface area contributed by atoms with Crippen LogP contribution in [0.15, 0.2) is 11.5 Å². The summed E-state index contributed by atoms with van der Waals surface area (Å²) in [5.41, 5.74) is 0. The highest BCUT2D eigenvalue weighted by molar-refractivity contribution is 7.93. The van der Waals surface area contributed by atoms with E-state index in [0.29, 0.717) is 6.26 Å². The molecule has 0 aliphatic rings. The molecule has 0 fully saturated rings. The molecule has 0 atom stereocenters. The number of alkyl halides is 3. The summed E-state index contributed by atoms with van der Waals surface area (Å²) in [7, 11) is -3.82. The first-order valence-corrected chi connectivity index (χ1v) is 4.82. The Hall–Kier alpha value is -0.600. The normalized spacial score (nSPS) is 15.2. The quantitative estimate of drug-likeness (QED) is 0.631. The molecule has 8 heteroatoms. The molecule has 0 saturated carbocycles. The zero-order chi connectivity index (χ0) is 10.9. The molecule has 2 N–H and O–H groups in total. The van der Waals surface area contributed by atoms with E-state index >= 15 is 0 Å². The number of halogens is 3. The van der Waals surface area contributed by atoms with Gasteiger partial charge in [-0.05, 0) is 6.08 Å². The molecule has 0 bridgehead atoms. The first-order valence-electron chi connectivity index (χ1n) is 2.86. The van der Waals surface area contributed by atoms with Crippen LogP contribution in [-0.4, -0.2) is 36.9 Å². The summed E-state index contributed by atoms with van der Waals surface area (Å²) in [4.78, 5) is 0. The van der Waals surface area contributed by atoms with Gasteiger partial charge in [0, 0.05) is 11.7 Å². The van der Waals surface area contributed by atoms with Crippen molar-refractivity contribution >= 4 is 9.84 Å². The maximum Gasteiger partial charge on any atom is 0.447 e. The van der Waals surface area contributed by atoms with Crippen LogP contribution in [0.2, 0.25) is 0 Å². The predicted molar refractivity (Wildman–Crippen MR) is 37.2 cm³/mol. The van der Waals surface area contributed by atoms with Crippen LogP contribution in [0.1, 0.15) is 0 Å². The number of rotatable bonds is 2. The molecule has 0 rings (SSSR count). The third-order valence-electron chi connectivity index (χ3n) is 0.965. The number of hydrogen-bond acceptors (Lipinski definition) is 4. The molecule has 0 aromatic rings. The highest BCUT2D eigenvalue weighted by atomic mass is 32.2. The van der Waals surface area contributed by atoms with Crippen LogP contribution in [0, 0.1) is 0 Å². The average molecular weight is 220 g/mol. The smallest absolute Gasteiger partial charge is 0.355 e. The molecule has 4 nitrogen and oxygen atoms in total. The van der Waals surface area contributed by atoms with Crippen molar-refractivity contribution in [2.75, 3.05) is 6.26 Å². The van der Waals surface area contributed by atoms with Crippen LogP contribution in [-0.2, 0) is 9.84 Å². The van der Waals surface area contributed by atoms with Crippen molar-refractivity contribution in [3.8, 4) is 0 Å². The Morgan fingerprint density at radius 1 is 1.23 bits per heavy atom. The summed E-state index contributed by atoms with van der Waals surface area (Å²) in [6.07, 6.45) is -4.95. The van der Waals surface area contributed by atoms with Crippen LogP contribution in [0.4, 0.5) is 13.2 Å². The van der Waals surface area contributed by atoms with Gasteiger partial charge in [-0.1, -0.05) is 0 Å². The van der Waals surface area contributed by atoms with E-state index in [2.05, 4.69) is 0 Å². The van der Waals surface area contributed by atoms with Crippen LogP contribution in [0.5, 0.6) is 0 Å². The fraction of sp³-hybridized carbons (Fsp3) is 0.600. The van der Waals surface area contributed by atoms with E-state index in [1.54, 1.807) is 0 Å². The SMILES string of the molecule is CS(=O)(=O)/C=C/C(O)(O)C(F)(F)F. The van der Waals surface area contributed by atoms with Gasteiger partial charge >= 0.3 is 6.18 Å². The van der Waals surface area contributed by atoms with Gasteiger partial charge in [-0.25, -0.2) is 8.42 Å². The Morgan fingerprint density at radius 2 is 1.62 bits per heavy atom. The lowest BCUT2D eigenvalue weighted by atomic mass is 10.3. The van der Waals surface area contributed by atoms with E-state index in [9.17, 15) is 21.6 Å². The van der Waals surface area contributed by atoms with Crippen molar-refractivity contribution in [1.29, 1.82) is 0 Å². The van der Waals surface area contributed by atoms with E-state index in [0.717, 1.165) is 0 Å². The van der Waals surface area contributed by atoms with Crippen molar-refractivity contribution < 1.29 is 31.8 Å². The topological polar surface area (TPSA) is 74.6 Å². The molecule has 13 heavy (non-hydrogen) atoms. The Kier molecular flexibility index (Phi) is 3.12. The first kappa shape index (κ1) is 12.4. The van der Waals surface area contributed by atoms with Gasteiger partial charge in [0.1, 0.15) is 0 Å². The second-order valence-electron chi connectivity index (χ2n) is 2.36. The van der Waals surface area contributed by atoms with Gasteiger partial charge in [0.25, 0.3) is 5.79 Å². The maximum absolute atomic E-state index is 11.7. The Balaban J connectivity index is 4.82. The molecule has 0 saturated heterocycles. The van der Waals surface area contributed by atoms with Crippen molar-refractivity contribution in [2.45, 2.75) is 12.0 Å². The van der Waals surface area contributed by atoms with Gasteiger partial charge in [0.15, 0.2) is 9.84 Å². The van der Waals surface area contributed by atoms with Gasteiger partial charge in [0.2, 0.25) is 0 Å². The summed E-state index contributed by atoms with van der Waals surface area (Å²) in [6.45, 7) is 0. The zero-order valence-corrected chi connectivity index (χ0v) is 7.22. The summed E-state index contributed by atoms with van der Waals surface area (Å²) < 4.78 is 55.6. The molecule has 0 heterocycles. The molecule has 0 aliphatic carbocycles. The first-order chi connectivity index (χ1) is 5.46. The molecule has 0 amide bonds. The molecule has 78 valence electrons. The minimum absolute atomic E-state index is 0.0699. The molecular weight excluding hydrogens is 213 g/mol. The monoisotopic (exact) mass is 220 g/mol. The molecular formula is C5H7F3O4S. The fourth-order valence-electron chi connectivity index (χ4n) is 0.313. The number of aliphatic hydroxyl groups is 2. The van der Waals surface area contributed by atoms with Crippen LogP contribution in [0.25, 0.3) is 0 Å². The molecule has 0 aromatic carbocycles. The van der Waals surface area contributed by atoms with E-state index in [1.807, 2.05) is 0 Å². The van der Waals surface area contributed by atoms with E-state index < -0.39 is 21.8 Å². The van der Waals surface area contributed by atoms with E-state index in [1.165, 1.54) is 0 Å². The van der Waals surface area contributed by atoms with Gasteiger partial charge in [-0.15, -0.1) is 0 Å². The summed E-state index contributed by atoms with van der Waals surface area (Å²) >= 11 is 0. The van der Waals surface area contributed by atoms with Crippen molar-refractivity contribution in [2.24, 2.45) is 0 Å². The molecule has 0 radical (unpaired) electrons. The van der Waals surface area contributed by atoms with Crippen molar-refractivity contribution in [3.05, 3.63) is 11.5 Å². The number of sulfone groups is 1. The third-order valence-corrected chi connectivity index (χ3v) is 1.60. The van der Waals surface area contributed by atoms with Crippen LogP contribution < -0.4 is 0 Å². The van der Waals surface area contributed by atoms with Crippen LogP contribution >= 0.6 is 0 Å². The van der Waals surface area contributed by atoms with E-state index in [4.69, 9.17) is 10.2 Å². The Bertz CT molecular complexity index is 300. The summed E-state index contributed by atoms with van der Waals surface area (Å²) in [6, 6.07) is 0. The summed E-state index contributed by atoms with van der Waals surface area (Å²) in [5, 5.41) is 16.7. The predicted octanol–water partition coefficient (Wildman–Crippen LogP) is -0.212. The second kappa shape index (κ2) is 3.28.